The number of hydrogen-bond acceptors (Lipinski definition) is 5. The molecule has 2 unspecified atom stereocenters. The summed E-state index contributed by atoms with van der Waals surface area (Å²) in [6.07, 6.45) is 0. The molecule has 23 heavy (non-hydrogen) atoms. The largest absolute Gasteiger partial charge is 0.497 e. The quantitative estimate of drug-likeness (QED) is 0.759. The van der Waals surface area contributed by atoms with Gasteiger partial charge in [0, 0.05) is 32.7 Å². The predicted molar refractivity (Wildman–Crippen MR) is 92.2 cm³/mol. The van der Waals surface area contributed by atoms with E-state index in [1.54, 1.807) is 7.11 Å². The second-order valence-electron chi connectivity index (χ2n) is 6.69. The summed E-state index contributed by atoms with van der Waals surface area (Å²) in [4.78, 5) is 2.26. The summed E-state index contributed by atoms with van der Waals surface area (Å²) in [7, 11) is 1.68. The molecule has 1 aliphatic rings. The van der Waals surface area contributed by atoms with Crippen LogP contribution in [0.4, 0.5) is 0 Å². The minimum Gasteiger partial charge on any atom is -0.497 e. The molecule has 2 N–H and O–H groups in total. The Kier molecular flexibility index (Phi) is 6.84. The summed E-state index contributed by atoms with van der Waals surface area (Å²) in [6.45, 7) is 9.52. The first-order valence-electron chi connectivity index (χ1n) is 8.37. The first-order valence-corrected chi connectivity index (χ1v) is 8.37. The Balaban J connectivity index is 1.73. The number of nitrogens with one attached hydrogen (secondary N) is 1. The van der Waals surface area contributed by atoms with Crippen LogP contribution >= 0.6 is 0 Å². The lowest BCUT2D eigenvalue weighted by Gasteiger charge is -2.34. The molecule has 130 valence electrons. The van der Waals surface area contributed by atoms with Crippen LogP contribution in [0.5, 0.6) is 5.75 Å². The van der Waals surface area contributed by atoms with Crippen LogP contribution in [0.1, 0.15) is 25.3 Å². The smallest absolute Gasteiger partial charge is 0.118 e. The highest BCUT2D eigenvalue weighted by Crippen LogP contribution is 2.18. The number of nitrogens with zero attached hydrogens (tertiary/aromatic N) is 1. The number of benzene rings is 1. The summed E-state index contributed by atoms with van der Waals surface area (Å²) in [5, 5.41) is 14.0. The van der Waals surface area contributed by atoms with Gasteiger partial charge in [0.15, 0.2) is 0 Å². The van der Waals surface area contributed by atoms with E-state index < -0.39 is 5.60 Å². The Morgan fingerprint density at radius 3 is 2.57 bits per heavy atom. The van der Waals surface area contributed by atoms with Crippen molar-refractivity contribution in [1.82, 2.24) is 10.2 Å². The second kappa shape index (κ2) is 8.64. The highest BCUT2D eigenvalue weighted by atomic mass is 16.5. The van der Waals surface area contributed by atoms with Gasteiger partial charge >= 0.3 is 0 Å². The number of β-amino-alcohol motifs (C(OH)–C–C–N with tert-alkyl or cyclic N) is 1. The van der Waals surface area contributed by atoms with Crippen LogP contribution in [0.2, 0.25) is 0 Å². The first kappa shape index (κ1) is 18.2. The molecule has 0 radical (unpaired) electrons. The second-order valence-corrected chi connectivity index (χ2v) is 6.69. The van der Waals surface area contributed by atoms with Gasteiger partial charge in [-0.3, -0.25) is 4.90 Å². The third-order valence-corrected chi connectivity index (χ3v) is 4.31. The van der Waals surface area contributed by atoms with Crippen molar-refractivity contribution in [3.8, 4) is 5.75 Å². The lowest BCUT2D eigenvalue weighted by molar-refractivity contribution is -0.0218. The van der Waals surface area contributed by atoms with Crippen molar-refractivity contribution in [2.75, 3.05) is 53.0 Å². The summed E-state index contributed by atoms with van der Waals surface area (Å²) < 4.78 is 10.5. The van der Waals surface area contributed by atoms with Crippen LogP contribution < -0.4 is 10.1 Å². The maximum absolute atomic E-state index is 10.6. The third kappa shape index (κ3) is 6.11. The predicted octanol–water partition coefficient (Wildman–Crippen LogP) is 1.47. The van der Waals surface area contributed by atoms with Gasteiger partial charge in [0.1, 0.15) is 5.75 Å². The fourth-order valence-electron chi connectivity index (χ4n) is 2.91. The van der Waals surface area contributed by atoms with Crippen molar-refractivity contribution < 1.29 is 14.6 Å². The average molecular weight is 322 g/mol. The molecule has 0 spiro atoms. The molecule has 0 amide bonds. The molecule has 2 rings (SSSR count). The van der Waals surface area contributed by atoms with E-state index in [1.165, 1.54) is 5.56 Å². The number of ether oxygens (including phenoxy) is 2. The molecule has 1 fully saturated rings. The molecule has 1 heterocycles. The van der Waals surface area contributed by atoms with Gasteiger partial charge < -0.3 is 19.9 Å². The van der Waals surface area contributed by atoms with E-state index in [2.05, 4.69) is 29.3 Å². The molecule has 5 nitrogen and oxygen atoms in total. The number of methoxy groups -OCH3 is 1. The number of aliphatic hydroxyl groups is 1. The Morgan fingerprint density at radius 1 is 1.30 bits per heavy atom. The van der Waals surface area contributed by atoms with Crippen LogP contribution in [0.15, 0.2) is 24.3 Å². The van der Waals surface area contributed by atoms with Gasteiger partial charge in [0.2, 0.25) is 0 Å². The SMILES string of the molecule is COc1ccc(C(C)CNCC(C)(O)CN2CCOCC2)cc1. The van der Waals surface area contributed by atoms with E-state index in [4.69, 9.17) is 9.47 Å². The fourth-order valence-corrected chi connectivity index (χ4v) is 2.91. The topological polar surface area (TPSA) is 54.0 Å². The standard InChI is InChI=1S/C18H30N2O3/c1-15(16-4-6-17(22-3)7-5-16)12-19-13-18(2,21)14-20-8-10-23-11-9-20/h4-7,15,19,21H,8-14H2,1-3H3. The molecule has 1 aromatic carbocycles. The number of morpholine rings is 1. The van der Waals surface area contributed by atoms with Crippen LogP contribution in [0.25, 0.3) is 0 Å². The van der Waals surface area contributed by atoms with E-state index >= 15 is 0 Å². The molecule has 1 aliphatic heterocycles. The Bertz CT molecular complexity index is 456. The lowest BCUT2D eigenvalue weighted by atomic mass is 10.00. The van der Waals surface area contributed by atoms with E-state index in [0.29, 0.717) is 19.0 Å². The summed E-state index contributed by atoms with van der Waals surface area (Å²) in [6, 6.07) is 8.16. The number of rotatable bonds is 8. The van der Waals surface area contributed by atoms with Crippen molar-refractivity contribution in [2.45, 2.75) is 25.4 Å². The van der Waals surface area contributed by atoms with Crippen molar-refractivity contribution in [3.05, 3.63) is 29.8 Å². The molecule has 1 aromatic rings. The normalized spacial score (nSPS) is 20.0. The summed E-state index contributed by atoms with van der Waals surface area (Å²) >= 11 is 0. The van der Waals surface area contributed by atoms with E-state index in [0.717, 1.165) is 38.6 Å². The molecule has 0 aliphatic carbocycles. The summed E-state index contributed by atoms with van der Waals surface area (Å²) in [5.41, 5.74) is 0.544. The highest BCUT2D eigenvalue weighted by Gasteiger charge is 2.25. The third-order valence-electron chi connectivity index (χ3n) is 4.31. The minimum absolute atomic E-state index is 0.389. The van der Waals surface area contributed by atoms with Gasteiger partial charge in [0.05, 0.1) is 25.9 Å². The highest BCUT2D eigenvalue weighted by molar-refractivity contribution is 5.29. The van der Waals surface area contributed by atoms with Crippen molar-refractivity contribution >= 4 is 0 Å². The monoisotopic (exact) mass is 322 g/mol. The molecule has 1 saturated heterocycles. The van der Waals surface area contributed by atoms with E-state index in [9.17, 15) is 5.11 Å². The van der Waals surface area contributed by atoms with E-state index in [1.807, 2.05) is 19.1 Å². The first-order chi connectivity index (χ1) is 11.0. The van der Waals surface area contributed by atoms with E-state index in [-0.39, 0.29) is 0 Å². The van der Waals surface area contributed by atoms with Crippen molar-refractivity contribution in [2.24, 2.45) is 0 Å². The van der Waals surface area contributed by atoms with Crippen LogP contribution in [0, 0.1) is 0 Å². The van der Waals surface area contributed by atoms with Crippen LogP contribution in [-0.2, 0) is 4.74 Å². The lowest BCUT2D eigenvalue weighted by Crippen LogP contribution is -2.50. The maximum atomic E-state index is 10.6. The molecule has 0 saturated carbocycles. The maximum Gasteiger partial charge on any atom is 0.118 e. The van der Waals surface area contributed by atoms with Crippen LogP contribution in [-0.4, -0.2) is 68.7 Å². The van der Waals surface area contributed by atoms with Gasteiger partial charge in [0.25, 0.3) is 0 Å². The van der Waals surface area contributed by atoms with Gasteiger partial charge in [-0.25, -0.2) is 0 Å². The Morgan fingerprint density at radius 2 is 1.96 bits per heavy atom. The zero-order chi connectivity index (χ0) is 16.7. The zero-order valence-electron chi connectivity index (χ0n) is 14.5. The van der Waals surface area contributed by atoms with Gasteiger partial charge in [-0.15, -0.1) is 0 Å². The fraction of sp³-hybridized carbons (Fsp3) is 0.667. The van der Waals surface area contributed by atoms with Gasteiger partial charge in [-0.05, 0) is 30.5 Å². The Hall–Kier alpha value is -1.14. The molecular weight excluding hydrogens is 292 g/mol. The summed E-state index contributed by atoms with van der Waals surface area (Å²) in [5.74, 6) is 1.27. The van der Waals surface area contributed by atoms with Crippen molar-refractivity contribution in [3.63, 3.8) is 0 Å². The minimum atomic E-state index is -0.725. The van der Waals surface area contributed by atoms with Gasteiger partial charge in [-0.2, -0.15) is 0 Å². The van der Waals surface area contributed by atoms with Crippen molar-refractivity contribution in [1.29, 1.82) is 0 Å². The molecule has 0 bridgehead atoms. The molecular formula is C18H30N2O3. The number of hydrogen-bond donors (Lipinski definition) is 2. The Labute approximate surface area is 139 Å². The molecule has 0 aromatic heterocycles. The molecule has 5 heteroatoms. The zero-order valence-corrected chi connectivity index (χ0v) is 14.5. The average Bonchev–Trinajstić information content (AvgIpc) is 2.55. The molecule has 2 atom stereocenters. The van der Waals surface area contributed by atoms with Gasteiger partial charge in [-0.1, -0.05) is 19.1 Å². The van der Waals surface area contributed by atoms with Crippen LogP contribution in [0.3, 0.4) is 0 Å².